The SMILES string of the molecule is CN(C)c1cc(CCCc2ccc(O)cc2)c(O)c2c1C[C@H]1C[C@H]3[C@H](N(C)C)C(=O)C(C(N)=O)=C(O)[C@@]3(O)C(=O)C1=C2O. The molecule has 5 rings (SSSR count). The maximum absolute atomic E-state index is 14.1. The number of nitrogens with zero attached hydrogens (tertiary/aromatic N) is 2. The molecule has 1 fully saturated rings. The molecule has 11 heteroatoms. The van der Waals surface area contributed by atoms with Gasteiger partial charge in [-0.05, 0) is 87.0 Å². The summed E-state index contributed by atoms with van der Waals surface area (Å²) in [4.78, 5) is 42.9. The molecule has 3 aliphatic carbocycles. The molecule has 228 valence electrons. The second-order valence-electron chi connectivity index (χ2n) is 12.1. The van der Waals surface area contributed by atoms with Crippen molar-refractivity contribution in [3.05, 3.63) is 69.5 Å². The minimum Gasteiger partial charge on any atom is -0.508 e. The molecule has 0 aromatic heterocycles. The number of primary amides is 1. The fourth-order valence-corrected chi connectivity index (χ4v) is 7.08. The van der Waals surface area contributed by atoms with E-state index in [9.17, 15) is 39.9 Å². The average Bonchev–Trinajstić information content (AvgIpc) is 2.92. The number of carbonyl (C=O) groups excluding carboxylic acids is 3. The number of aryl methyl sites for hydroxylation is 2. The minimum atomic E-state index is -2.67. The molecule has 3 aliphatic rings. The summed E-state index contributed by atoms with van der Waals surface area (Å²) in [5.41, 5.74) is 4.73. The van der Waals surface area contributed by atoms with E-state index < -0.39 is 58.0 Å². The minimum absolute atomic E-state index is 0.0355. The fraction of sp³-hybridized carbons (Fsp3) is 0.406. The average molecular weight is 592 g/mol. The lowest BCUT2D eigenvalue weighted by Crippen LogP contribution is -2.65. The molecule has 0 saturated heterocycles. The van der Waals surface area contributed by atoms with Gasteiger partial charge in [-0.3, -0.25) is 19.3 Å². The third-order valence-electron chi connectivity index (χ3n) is 9.11. The number of Topliss-reactive ketones (excluding diaryl/α,β-unsaturated/α-hetero) is 2. The van der Waals surface area contributed by atoms with Gasteiger partial charge >= 0.3 is 0 Å². The monoisotopic (exact) mass is 591 g/mol. The van der Waals surface area contributed by atoms with Crippen LogP contribution in [0.25, 0.3) is 5.76 Å². The molecule has 0 unspecified atom stereocenters. The standard InChI is InChI=1S/C32H37N3O8/c1-34(2)21-14-16(7-5-6-15-8-10-18(36)11-9-15)26(37)23-19(21)12-17-13-20-25(35(3)4)28(39)24(31(33)42)30(41)32(20,43)29(40)22(17)27(23)38/h8-11,14,17,20,25,36-38,41,43H,5-7,12-13H2,1-4H3,(H2,33,42)/t17-,20-,25-,32-/m0/s1. The van der Waals surface area contributed by atoms with Crippen molar-refractivity contribution in [3.8, 4) is 11.5 Å². The topological polar surface area (TPSA) is 185 Å². The number of phenolic OH excluding ortho intramolecular Hbond substituents is 2. The lowest BCUT2D eigenvalue weighted by Gasteiger charge is -2.50. The molecule has 1 amide bonds. The Bertz CT molecular complexity index is 1590. The zero-order chi connectivity index (χ0) is 31.5. The van der Waals surface area contributed by atoms with Gasteiger partial charge in [-0.15, -0.1) is 0 Å². The Hall–Kier alpha value is -4.35. The molecule has 0 heterocycles. The summed E-state index contributed by atoms with van der Waals surface area (Å²) in [7, 11) is 6.81. The number of hydrogen-bond acceptors (Lipinski definition) is 10. The van der Waals surface area contributed by atoms with Gasteiger partial charge in [-0.1, -0.05) is 12.1 Å². The second kappa shape index (κ2) is 10.7. The van der Waals surface area contributed by atoms with Gasteiger partial charge in [0.15, 0.2) is 11.4 Å². The second-order valence-corrected chi connectivity index (χ2v) is 12.1. The van der Waals surface area contributed by atoms with Crippen molar-refractivity contribution in [2.45, 2.75) is 43.7 Å². The van der Waals surface area contributed by atoms with Crippen molar-refractivity contribution in [1.82, 2.24) is 4.90 Å². The predicted octanol–water partition coefficient (Wildman–Crippen LogP) is 1.91. The summed E-state index contributed by atoms with van der Waals surface area (Å²) in [5.74, 6) is -6.46. The Morgan fingerprint density at radius 2 is 1.67 bits per heavy atom. The molecule has 0 bridgehead atoms. The lowest BCUT2D eigenvalue weighted by molar-refractivity contribution is -0.153. The Balaban J connectivity index is 1.61. The van der Waals surface area contributed by atoms with Crippen LogP contribution >= 0.6 is 0 Å². The molecule has 0 aliphatic heterocycles. The first-order valence-electron chi connectivity index (χ1n) is 14.2. The van der Waals surface area contributed by atoms with Gasteiger partial charge in [0.25, 0.3) is 5.91 Å². The van der Waals surface area contributed by atoms with Crippen molar-refractivity contribution < 1.29 is 39.9 Å². The van der Waals surface area contributed by atoms with Crippen molar-refractivity contribution in [1.29, 1.82) is 0 Å². The van der Waals surface area contributed by atoms with Crippen molar-refractivity contribution in [3.63, 3.8) is 0 Å². The Morgan fingerprint density at radius 3 is 2.26 bits per heavy atom. The van der Waals surface area contributed by atoms with Crippen molar-refractivity contribution >= 4 is 28.9 Å². The van der Waals surface area contributed by atoms with Gasteiger partial charge in [0.2, 0.25) is 5.78 Å². The number of benzene rings is 2. The molecule has 11 nitrogen and oxygen atoms in total. The van der Waals surface area contributed by atoms with Gasteiger partial charge in [0.05, 0.1) is 11.6 Å². The molecule has 2 aromatic carbocycles. The van der Waals surface area contributed by atoms with Crippen LogP contribution in [0.3, 0.4) is 0 Å². The Labute approximate surface area is 249 Å². The molecule has 0 spiro atoms. The largest absolute Gasteiger partial charge is 0.508 e. The zero-order valence-corrected chi connectivity index (χ0v) is 24.6. The number of nitrogens with two attached hydrogens (primary N) is 1. The normalized spacial score (nSPS) is 25.0. The summed E-state index contributed by atoms with van der Waals surface area (Å²) in [5, 5.41) is 55.5. The highest BCUT2D eigenvalue weighted by molar-refractivity contribution is 6.24. The molecule has 4 atom stereocenters. The number of aromatic hydroxyl groups is 2. The number of likely N-dealkylation sites (N-methyl/N-ethyl adjacent to an activating group) is 1. The van der Waals surface area contributed by atoms with E-state index in [2.05, 4.69) is 0 Å². The highest BCUT2D eigenvalue weighted by atomic mass is 16.3. The van der Waals surface area contributed by atoms with E-state index >= 15 is 0 Å². The van der Waals surface area contributed by atoms with Crippen LogP contribution in [0.15, 0.2) is 47.2 Å². The number of hydrogen-bond donors (Lipinski definition) is 6. The van der Waals surface area contributed by atoms with Crippen molar-refractivity contribution in [2.75, 3.05) is 33.1 Å². The van der Waals surface area contributed by atoms with E-state index in [0.717, 1.165) is 11.3 Å². The first-order chi connectivity index (χ1) is 20.2. The lowest BCUT2D eigenvalue weighted by atomic mass is 9.57. The van der Waals surface area contributed by atoms with Crippen LogP contribution < -0.4 is 10.6 Å². The summed E-state index contributed by atoms with van der Waals surface area (Å²) >= 11 is 0. The number of aliphatic hydroxyl groups is 3. The van der Waals surface area contributed by atoms with Gasteiger partial charge in [-0.2, -0.15) is 0 Å². The number of aliphatic hydroxyl groups excluding tert-OH is 2. The van der Waals surface area contributed by atoms with Crippen LogP contribution in [0.1, 0.15) is 35.1 Å². The molecule has 7 N–H and O–H groups in total. The molecule has 0 radical (unpaired) electrons. The number of amides is 1. The zero-order valence-electron chi connectivity index (χ0n) is 24.6. The summed E-state index contributed by atoms with van der Waals surface area (Å²) in [6, 6.07) is 7.60. The van der Waals surface area contributed by atoms with Crippen LogP contribution in [0.4, 0.5) is 5.69 Å². The highest BCUT2D eigenvalue weighted by Gasteiger charge is 2.64. The predicted molar refractivity (Wildman–Crippen MR) is 159 cm³/mol. The van der Waals surface area contributed by atoms with Gasteiger partial charge < -0.3 is 36.2 Å². The number of carbonyl (C=O) groups is 3. The van der Waals surface area contributed by atoms with Gasteiger partial charge in [-0.25, -0.2) is 0 Å². The maximum Gasteiger partial charge on any atom is 0.255 e. The number of fused-ring (bicyclic) bond motifs is 3. The third-order valence-corrected chi connectivity index (χ3v) is 9.11. The van der Waals surface area contributed by atoms with Gasteiger partial charge in [0.1, 0.15) is 28.6 Å². The fourth-order valence-electron chi connectivity index (χ4n) is 7.08. The van der Waals surface area contributed by atoms with Gasteiger partial charge in [0, 0.05) is 31.3 Å². The van der Waals surface area contributed by atoms with E-state index in [1.165, 1.54) is 4.90 Å². The summed E-state index contributed by atoms with van der Waals surface area (Å²) in [6.07, 6.45) is 2.04. The maximum atomic E-state index is 14.1. The van der Waals surface area contributed by atoms with E-state index in [0.29, 0.717) is 30.4 Å². The number of anilines is 1. The van der Waals surface area contributed by atoms with Crippen LogP contribution in [0.5, 0.6) is 11.5 Å². The first kappa shape index (κ1) is 30.1. The summed E-state index contributed by atoms with van der Waals surface area (Å²) in [6.45, 7) is 0. The van der Waals surface area contributed by atoms with E-state index in [1.807, 2.05) is 37.2 Å². The number of phenols is 2. The highest BCUT2D eigenvalue weighted by Crippen LogP contribution is 2.54. The van der Waals surface area contributed by atoms with Crippen molar-refractivity contribution in [2.24, 2.45) is 17.6 Å². The number of rotatable bonds is 7. The van der Waals surface area contributed by atoms with Crippen LogP contribution in [-0.2, 0) is 33.6 Å². The molecular formula is C32H37N3O8. The molecule has 2 aromatic rings. The van der Waals surface area contributed by atoms with Crippen LogP contribution in [0, 0.1) is 11.8 Å². The number of ketones is 2. The van der Waals surface area contributed by atoms with E-state index in [4.69, 9.17) is 5.73 Å². The van der Waals surface area contributed by atoms with E-state index in [-0.39, 0.29) is 35.5 Å². The first-order valence-corrected chi connectivity index (χ1v) is 14.2. The van der Waals surface area contributed by atoms with Crippen LogP contribution in [-0.4, -0.2) is 87.7 Å². The molecular weight excluding hydrogens is 554 g/mol. The molecule has 43 heavy (non-hydrogen) atoms. The quantitative estimate of drug-likeness (QED) is 0.260. The van der Waals surface area contributed by atoms with E-state index in [1.54, 1.807) is 26.2 Å². The Kier molecular flexibility index (Phi) is 7.52. The summed E-state index contributed by atoms with van der Waals surface area (Å²) < 4.78 is 0. The van der Waals surface area contributed by atoms with Crippen LogP contribution in [0.2, 0.25) is 0 Å². The smallest absolute Gasteiger partial charge is 0.255 e. The molecule has 1 saturated carbocycles. The Morgan fingerprint density at radius 1 is 1.02 bits per heavy atom. The third kappa shape index (κ3) is 4.63.